The number of ketones is 1. The lowest BCUT2D eigenvalue weighted by Crippen LogP contribution is -2.21. The van der Waals surface area contributed by atoms with Gasteiger partial charge in [-0.05, 0) is 37.1 Å². The van der Waals surface area contributed by atoms with Gasteiger partial charge in [-0.1, -0.05) is 36.4 Å². The van der Waals surface area contributed by atoms with Crippen LogP contribution in [0, 0.1) is 6.92 Å². The average molecular weight is 310 g/mol. The van der Waals surface area contributed by atoms with Crippen molar-refractivity contribution in [3.8, 4) is 0 Å². The first kappa shape index (κ1) is 16.9. The van der Waals surface area contributed by atoms with Gasteiger partial charge in [0.15, 0.2) is 5.78 Å². The molecule has 2 aromatic carbocycles. The van der Waals surface area contributed by atoms with Crippen molar-refractivity contribution in [1.29, 1.82) is 0 Å². The van der Waals surface area contributed by atoms with Gasteiger partial charge < -0.3 is 10.6 Å². The van der Waals surface area contributed by atoms with E-state index in [4.69, 9.17) is 0 Å². The van der Waals surface area contributed by atoms with E-state index < -0.39 is 0 Å². The van der Waals surface area contributed by atoms with Crippen LogP contribution in [0.2, 0.25) is 0 Å². The van der Waals surface area contributed by atoms with E-state index in [1.54, 1.807) is 24.3 Å². The topological polar surface area (TPSA) is 58.2 Å². The molecule has 0 aromatic heterocycles. The zero-order chi connectivity index (χ0) is 16.7. The molecule has 0 spiro atoms. The zero-order valence-electron chi connectivity index (χ0n) is 13.6. The van der Waals surface area contributed by atoms with Crippen molar-refractivity contribution in [2.75, 3.05) is 11.9 Å². The molecule has 0 aliphatic heterocycles. The quantitative estimate of drug-likeness (QED) is 0.609. The molecule has 23 heavy (non-hydrogen) atoms. The van der Waals surface area contributed by atoms with Crippen LogP contribution in [-0.2, 0) is 11.3 Å². The zero-order valence-corrected chi connectivity index (χ0v) is 13.6. The van der Waals surface area contributed by atoms with Crippen LogP contribution < -0.4 is 10.6 Å². The molecule has 0 saturated heterocycles. The molecule has 2 N–H and O–H groups in total. The summed E-state index contributed by atoms with van der Waals surface area (Å²) in [4.78, 5) is 23.3. The van der Waals surface area contributed by atoms with Crippen molar-refractivity contribution >= 4 is 17.4 Å². The van der Waals surface area contributed by atoms with Crippen molar-refractivity contribution in [3.05, 3.63) is 65.2 Å². The fraction of sp³-hybridized carbons (Fsp3) is 0.263. The van der Waals surface area contributed by atoms with Gasteiger partial charge in [0.1, 0.15) is 0 Å². The summed E-state index contributed by atoms with van der Waals surface area (Å²) in [5.74, 6) is -0.0796. The van der Waals surface area contributed by atoms with Gasteiger partial charge in [-0.2, -0.15) is 0 Å². The number of carbonyl (C=O) groups is 2. The number of amides is 1. The smallest absolute Gasteiger partial charge is 0.225 e. The number of rotatable bonds is 7. The van der Waals surface area contributed by atoms with Gasteiger partial charge >= 0.3 is 0 Å². The fourth-order valence-electron chi connectivity index (χ4n) is 2.27. The number of carbonyl (C=O) groups excluding carboxylic acids is 2. The number of nitrogens with one attached hydrogen (secondary N) is 2. The number of hydrogen-bond donors (Lipinski definition) is 2. The maximum Gasteiger partial charge on any atom is 0.225 e. The molecule has 0 aliphatic rings. The highest BCUT2D eigenvalue weighted by Crippen LogP contribution is 2.11. The third-order valence-corrected chi connectivity index (χ3v) is 3.66. The summed E-state index contributed by atoms with van der Waals surface area (Å²) in [6.07, 6.45) is 0.385. The van der Waals surface area contributed by atoms with Crippen LogP contribution in [-0.4, -0.2) is 18.2 Å². The minimum absolute atomic E-state index is 0.0130. The molecular weight excluding hydrogens is 288 g/mol. The van der Waals surface area contributed by atoms with E-state index in [2.05, 4.69) is 29.7 Å². The predicted octanol–water partition coefficient (Wildman–Crippen LogP) is 3.32. The summed E-state index contributed by atoms with van der Waals surface area (Å²) in [7, 11) is 0. The normalized spacial score (nSPS) is 10.3. The second-order valence-corrected chi connectivity index (χ2v) is 5.54. The molecule has 0 atom stereocenters. The summed E-state index contributed by atoms with van der Waals surface area (Å²) in [6, 6.07) is 15.2. The summed E-state index contributed by atoms with van der Waals surface area (Å²) < 4.78 is 0. The van der Waals surface area contributed by atoms with E-state index >= 15 is 0 Å². The van der Waals surface area contributed by atoms with Crippen molar-refractivity contribution in [1.82, 2.24) is 5.32 Å². The van der Waals surface area contributed by atoms with E-state index in [0.717, 1.165) is 6.54 Å². The third kappa shape index (κ3) is 5.34. The molecule has 0 unspecified atom stereocenters. The van der Waals surface area contributed by atoms with Gasteiger partial charge in [-0.15, -0.1) is 0 Å². The first-order chi connectivity index (χ1) is 11.1. The van der Waals surface area contributed by atoms with Gasteiger partial charge in [0.25, 0.3) is 0 Å². The molecule has 0 bridgehead atoms. The number of hydrogen-bond acceptors (Lipinski definition) is 3. The first-order valence-electron chi connectivity index (χ1n) is 7.72. The predicted molar refractivity (Wildman–Crippen MR) is 92.6 cm³/mol. The Morgan fingerprint density at radius 3 is 2.57 bits per heavy atom. The van der Waals surface area contributed by atoms with Crippen LogP contribution in [0.5, 0.6) is 0 Å². The number of Topliss-reactive ketones (excluding diaryl/α,β-unsaturated/α-hetero) is 1. The maximum atomic E-state index is 11.9. The standard InChI is InChI=1S/C19H22N2O2/c1-14-6-3-4-7-17(14)13-20-11-10-19(23)21-18-9-5-8-16(12-18)15(2)22/h3-9,12,20H,10-11,13H2,1-2H3,(H,21,23). The van der Waals surface area contributed by atoms with Gasteiger partial charge in [-0.25, -0.2) is 0 Å². The van der Waals surface area contributed by atoms with Crippen molar-refractivity contribution in [3.63, 3.8) is 0 Å². The Kier molecular flexibility index (Phi) is 6.06. The Bertz CT molecular complexity index is 695. The van der Waals surface area contributed by atoms with Crippen LogP contribution in [0.1, 0.15) is 34.8 Å². The molecule has 120 valence electrons. The third-order valence-electron chi connectivity index (χ3n) is 3.66. The van der Waals surface area contributed by atoms with Crippen LogP contribution in [0.15, 0.2) is 48.5 Å². The second kappa shape index (κ2) is 8.25. The SMILES string of the molecule is CC(=O)c1cccc(NC(=O)CCNCc2ccccc2C)c1. The first-order valence-corrected chi connectivity index (χ1v) is 7.72. The minimum Gasteiger partial charge on any atom is -0.326 e. The number of benzene rings is 2. The minimum atomic E-state index is -0.0667. The molecule has 4 nitrogen and oxygen atoms in total. The lowest BCUT2D eigenvalue weighted by Gasteiger charge is -2.09. The summed E-state index contributed by atoms with van der Waals surface area (Å²) in [6.45, 7) is 4.94. The largest absolute Gasteiger partial charge is 0.326 e. The lowest BCUT2D eigenvalue weighted by atomic mass is 10.1. The molecule has 2 rings (SSSR count). The summed E-state index contributed by atoms with van der Waals surface area (Å²) in [5, 5.41) is 6.09. The molecule has 1 amide bonds. The van der Waals surface area contributed by atoms with E-state index in [0.29, 0.717) is 24.2 Å². The van der Waals surface area contributed by atoms with Crippen molar-refractivity contribution < 1.29 is 9.59 Å². The van der Waals surface area contributed by atoms with Crippen LogP contribution in [0.4, 0.5) is 5.69 Å². The molecule has 0 fully saturated rings. The Hall–Kier alpha value is -2.46. The summed E-state index contributed by atoms with van der Waals surface area (Å²) in [5.41, 5.74) is 3.73. The van der Waals surface area contributed by atoms with Crippen LogP contribution in [0.25, 0.3) is 0 Å². The molecule has 0 aliphatic carbocycles. The molecule has 2 aromatic rings. The van der Waals surface area contributed by atoms with Crippen molar-refractivity contribution in [2.24, 2.45) is 0 Å². The number of anilines is 1. The van der Waals surface area contributed by atoms with Gasteiger partial charge in [0.05, 0.1) is 0 Å². The second-order valence-electron chi connectivity index (χ2n) is 5.54. The van der Waals surface area contributed by atoms with Crippen LogP contribution >= 0.6 is 0 Å². The average Bonchev–Trinajstić information content (AvgIpc) is 2.53. The Morgan fingerprint density at radius 1 is 1.04 bits per heavy atom. The lowest BCUT2D eigenvalue weighted by molar-refractivity contribution is -0.116. The molecule has 0 saturated carbocycles. The Morgan fingerprint density at radius 2 is 1.83 bits per heavy atom. The van der Waals surface area contributed by atoms with Gasteiger partial charge in [-0.3, -0.25) is 9.59 Å². The van der Waals surface area contributed by atoms with Gasteiger partial charge in [0.2, 0.25) is 5.91 Å². The summed E-state index contributed by atoms with van der Waals surface area (Å²) >= 11 is 0. The van der Waals surface area contributed by atoms with E-state index in [9.17, 15) is 9.59 Å². The van der Waals surface area contributed by atoms with E-state index in [1.165, 1.54) is 18.1 Å². The molecule has 4 heteroatoms. The van der Waals surface area contributed by atoms with E-state index in [1.807, 2.05) is 12.1 Å². The van der Waals surface area contributed by atoms with E-state index in [-0.39, 0.29) is 11.7 Å². The monoisotopic (exact) mass is 310 g/mol. The highest BCUT2D eigenvalue weighted by atomic mass is 16.1. The molecule has 0 radical (unpaired) electrons. The highest BCUT2D eigenvalue weighted by molar-refractivity contribution is 5.97. The van der Waals surface area contributed by atoms with Crippen molar-refractivity contribution in [2.45, 2.75) is 26.8 Å². The molecular formula is C19H22N2O2. The van der Waals surface area contributed by atoms with Gasteiger partial charge in [0, 0.05) is 30.8 Å². The Balaban J connectivity index is 1.76. The van der Waals surface area contributed by atoms with Crippen LogP contribution in [0.3, 0.4) is 0 Å². The number of aryl methyl sites for hydroxylation is 1. The Labute approximate surface area is 136 Å². The fourth-order valence-corrected chi connectivity index (χ4v) is 2.27. The molecule has 0 heterocycles. The highest BCUT2D eigenvalue weighted by Gasteiger charge is 2.05. The maximum absolute atomic E-state index is 11.9.